The van der Waals surface area contributed by atoms with E-state index in [1.54, 1.807) is 25.1 Å². The van der Waals surface area contributed by atoms with Crippen molar-refractivity contribution in [1.29, 1.82) is 0 Å². The number of hydrogen-bond donors (Lipinski definition) is 1. The van der Waals surface area contributed by atoms with Crippen LogP contribution in [-0.2, 0) is 30.1 Å². The molecule has 0 aliphatic rings. The Morgan fingerprint density at radius 3 is 2.11 bits per heavy atom. The number of H-pyrrole nitrogens is 1. The van der Waals surface area contributed by atoms with Gasteiger partial charge in [-0.2, -0.15) is 26.3 Å². The fourth-order valence-corrected chi connectivity index (χ4v) is 5.19. The zero-order valence-electron chi connectivity index (χ0n) is 24.0. The van der Waals surface area contributed by atoms with Crippen LogP contribution in [0.2, 0.25) is 10.0 Å². The lowest BCUT2D eigenvalue weighted by atomic mass is 10.0. The van der Waals surface area contributed by atoms with Crippen molar-refractivity contribution in [3.05, 3.63) is 105 Å². The molecule has 0 unspecified atom stereocenters. The summed E-state index contributed by atoms with van der Waals surface area (Å²) in [6, 6.07) is 13.2. The van der Waals surface area contributed by atoms with E-state index in [1.165, 1.54) is 4.90 Å². The van der Waals surface area contributed by atoms with Crippen LogP contribution < -0.4 is 0 Å². The summed E-state index contributed by atoms with van der Waals surface area (Å²) < 4.78 is 81.0. The molecular formula is C32H29Cl2F6N3O2. The van der Waals surface area contributed by atoms with Gasteiger partial charge >= 0.3 is 12.4 Å². The van der Waals surface area contributed by atoms with Crippen molar-refractivity contribution in [2.75, 3.05) is 19.6 Å². The Hall–Kier alpha value is -3.70. The first-order valence-electron chi connectivity index (χ1n) is 14.0. The van der Waals surface area contributed by atoms with Crippen molar-refractivity contribution in [2.45, 2.75) is 45.1 Å². The average Bonchev–Trinajstić information content (AvgIpc) is 3.40. The van der Waals surface area contributed by atoms with Gasteiger partial charge in [-0.3, -0.25) is 9.59 Å². The molecule has 240 valence electrons. The lowest BCUT2D eigenvalue weighted by Gasteiger charge is -2.28. The van der Waals surface area contributed by atoms with Gasteiger partial charge in [-0.1, -0.05) is 60.8 Å². The Balaban J connectivity index is 1.64. The second-order valence-corrected chi connectivity index (χ2v) is 11.4. The van der Waals surface area contributed by atoms with Gasteiger partial charge in [-0.25, -0.2) is 0 Å². The van der Waals surface area contributed by atoms with Gasteiger partial charge in [-0.05, 0) is 60.4 Å². The van der Waals surface area contributed by atoms with Gasteiger partial charge in [0.15, 0.2) is 0 Å². The summed E-state index contributed by atoms with van der Waals surface area (Å²) in [5.74, 6) is -1.66. The number of nitrogens with zero attached hydrogens (tertiary/aromatic N) is 2. The zero-order valence-corrected chi connectivity index (χ0v) is 25.5. The first kappa shape index (κ1) is 34.2. The minimum atomic E-state index is -5.13. The maximum Gasteiger partial charge on any atom is 0.416 e. The topological polar surface area (TPSA) is 56.4 Å². The minimum Gasteiger partial charge on any atom is -0.361 e. The maximum atomic E-state index is 13.8. The lowest BCUT2D eigenvalue weighted by molar-refractivity contribution is -0.143. The highest BCUT2D eigenvalue weighted by Gasteiger charge is 2.38. The number of benzene rings is 3. The number of unbranched alkanes of at least 4 members (excludes halogenated alkanes) is 1. The number of rotatable bonds is 11. The number of carbonyl (C=O) groups excluding carboxylic acids is 2. The molecule has 0 spiro atoms. The number of halogens is 8. The third kappa shape index (κ3) is 8.73. The van der Waals surface area contributed by atoms with Crippen molar-refractivity contribution < 1.29 is 35.9 Å². The Kier molecular flexibility index (Phi) is 10.8. The normalized spacial score (nSPS) is 12.0. The Morgan fingerprint density at radius 1 is 0.822 bits per heavy atom. The summed E-state index contributed by atoms with van der Waals surface area (Å²) in [5, 5.41) is 1.54. The predicted molar refractivity (Wildman–Crippen MR) is 161 cm³/mol. The van der Waals surface area contributed by atoms with E-state index in [0.717, 1.165) is 21.4 Å². The summed E-state index contributed by atoms with van der Waals surface area (Å²) in [5.41, 5.74) is -1.55. The van der Waals surface area contributed by atoms with E-state index < -0.39 is 47.4 Å². The molecule has 45 heavy (non-hydrogen) atoms. The molecule has 0 bridgehead atoms. The second kappa shape index (κ2) is 14.2. The average molecular weight is 672 g/mol. The minimum absolute atomic E-state index is 0.0397. The Morgan fingerprint density at radius 2 is 1.49 bits per heavy atom. The highest BCUT2D eigenvalue weighted by atomic mass is 35.5. The molecule has 1 heterocycles. The van der Waals surface area contributed by atoms with Gasteiger partial charge in [0.2, 0.25) is 5.91 Å². The summed E-state index contributed by atoms with van der Waals surface area (Å²) >= 11 is 12.2. The van der Waals surface area contributed by atoms with Gasteiger partial charge < -0.3 is 14.8 Å². The van der Waals surface area contributed by atoms with Crippen LogP contribution in [0, 0.1) is 0 Å². The zero-order chi connectivity index (χ0) is 32.9. The highest BCUT2D eigenvalue weighted by Crippen LogP contribution is 2.36. The second-order valence-electron chi connectivity index (χ2n) is 10.5. The third-order valence-electron chi connectivity index (χ3n) is 7.27. The van der Waals surface area contributed by atoms with Crippen LogP contribution in [-0.4, -0.2) is 46.2 Å². The van der Waals surface area contributed by atoms with E-state index in [1.807, 2.05) is 30.5 Å². The molecule has 0 saturated heterocycles. The summed E-state index contributed by atoms with van der Waals surface area (Å²) in [6.07, 6.45) is -7.08. The van der Waals surface area contributed by atoms with Gasteiger partial charge in [-0.15, -0.1) is 0 Å². The van der Waals surface area contributed by atoms with Crippen molar-refractivity contribution in [2.24, 2.45) is 0 Å². The molecule has 2 amide bonds. The predicted octanol–water partition coefficient (Wildman–Crippen LogP) is 9.03. The van der Waals surface area contributed by atoms with E-state index >= 15 is 0 Å². The van der Waals surface area contributed by atoms with Gasteiger partial charge in [0.25, 0.3) is 5.91 Å². The molecule has 5 nitrogen and oxygen atoms in total. The van der Waals surface area contributed by atoms with Crippen LogP contribution >= 0.6 is 23.2 Å². The standard InChI is InChI=1S/C32H29Cl2F6N3O2/c1-2-3-11-43(30(45)22-14-23(31(35,36)37)16-24(15-22)32(38,39)40)19-29(44)42(18-20-8-9-26(33)27(34)13-20)12-10-21-17-41-28-7-5-4-6-25(21)28/h4-9,13-17,41H,2-3,10-12,18-19H2,1H3. The van der Waals surface area contributed by atoms with Crippen LogP contribution in [0.1, 0.15) is 52.4 Å². The number of alkyl halides is 6. The number of para-hydroxylation sites is 1. The maximum absolute atomic E-state index is 13.8. The van der Waals surface area contributed by atoms with Crippen LogP contribution in [0.5, 0.6) is 0 Å². The quantitative estimate of drug-likeness (QED) is 0.162. The number of nitrogens with one attached hydrogen (secondary N) is 1. The van der Waals surface area contributed by atoms with Crippen LogP contribution in [0.25, 0.3) is 10.9 Å². The SMILES string of the molecule is CCCCN(CC(=O)N(CCc1c[nH]c2ccccc12)Cc1ccc(Cl)c(Cl)c1)C(=O)c1cc(C(F)(F)F)cc(C(F)(F)F)c1. The molecule has 0 radical (unpaired) electrons. The van der Waals surface area contributed by atoms with Gasteiger partial charge in [0.1, 0.15) is 6.54 Å². The smallest absolute Gasteiger partial charge is 0.361 e. The van der Waals surface area contributed by atoms with E-state index in [9.17, 15) is 35.9 Å². The number of carbonyl (C=O) groups is 2. The highest BCUT2D eigenvalue weighted by molar-refractivity contribution is 6.42. The number of aromatic nitrogens is 1. The van der Waals surface area contributed by atoms with E-state index in [4.69, 9.17) is 23.2 Å². The molecule has 4 rings (SSSR count). The first-order valence-corrected chi connectivity index (χ1v) is 14.8. The van der Waals surface area contributed by atoms with E-state index in [2.05, 4.69) is 4.98 Å². The van der Waals surface area contributed by atoms with E-state index in [-0.39, 0.29) is 30.7 Å². The van der Waals surface area contributed by atoms with Crippen molar-refractivity contribution in [1.82, 2.24) is 14.8 Å². The third-order valence-corrected chi connectivity index (χ3v) is 8.00. The molecule has 0 fully saturated rings. The monoisotopic (exact) mass is 671 g/mol. The number of aromatic amines is 1. The molecule has 0 saturated carbocycles. The Labute approximate surface area is 265 Å². The largest absolute Gasteiger partial charge is 0.416 e. The Bertz CT molecular complexity index is 1640. The molecule has 0 aliphatic heterocycles. The molecule has 0 aliphatic carbocycles. The van der Waals surface area contributed by atoms with Crippen molar-refractivity contribution in [3.63, 3.8) is 0 Å². The molecular weight excluding hydrogens is 643 g/mol. The molecule has 1 N–H and O–H groups in total. The molecule has 1 aromatic heterocycles. The van der Waals surface area contributed by atoms with Gasteiger partial charge in [0, 0.05) is 42.3 Å². The molecule has 13 heteroatoms. The van der Waals surface area contributed by atoms with Crippen LogP contribution in [0.15, 0.2) is 66.9 Å². The van der Waals surface area contributed by atoms with Crippen molar-refractivity contribution in [3.8, 4) is 0 Å². The number of hydrogen-bond acceptors (Lipinski definition) is 2. The summed E-state index contributed by atoms with van der Waals surface area (Å²) in [7, 11) is 0. The molecule has 0 atom stereocenters. The summed E-state index contributed by atoms with van der Waals surface area (Å²) in [4.78, 5) is 32.9. The number of fused-ring (bicyclic) bond motifs is 1. The fourth-order valence-electron chi connectivity index (χ4n) is 4.87. The van der Waals surface area contributed by atoms with Crippen LogP contribution in [0.4, 0.5) is 26.3 Å². The lowest BCUT2D eigenvalue weighted by Crippen LogP contribution is -2.44. The van der Waals surface area contributed by atoms with Gasteiger partial charge in [0.05, 0.1) is 21.2 Å². The summed E-state index contributed by atoms with van der Waals surface area (Å²) in [6.45, 7) is 1.44. The first-order chi connectivity index (χ1) is 21.2. The van der Waals surface area contributed by atoms with Crippen molar-refractivity contribution >= 4 is 45.9 Å². The van der Waals surface area contributed by atoms with Crippen LogP contribution in [0.3, 0.4) is 0 Å². The molecule has 4 aromatic rings. The fraction of sp³-hybridized carbons (Fsp3) is 0.312. The molecule has 3 aromatic carbocycles. The number of amides is 2. The van der Waals surface area contributed by atoms with E-state index in [0.29, 0.717) is 42.0 Å².